The number of carbonyl (C=O) groups is 1. The number of thioether (sulfide) groups is 1. The molecule has 1 heterocycles. The van der Waals surface area contributed by atoms with E-state index < -0.39 is 0 Å². The van der Waals surface area contributed by atoms with E-state index >= 15 is 0 Å². The normalized spacial score (nSPS) is 16.4. The highest BCUT2D eigenvalue weighted by atomic mass is 32.2. The smallest absolute Gasteiger partial charge is 0.160 e. The molecule has 1 aromatic carbocycles. The van der Waals surface area contributed by atoms with E-state index in [4.69, 9.17) is 5.73 Å². The molecule has 0 atom stereocenters. The highest BCUT2D eigenvalue weighted by molar-refractivity contribution is 8.03. The molecule has 0 unspecified atom stereocenters. The van der Waals surface area contributed by atoms with Gasteiger partial charge in [0.2, 0.25) is 0 Å². The van der Waals surface area contributed by atoms with Crippen molar-refractivity contribution in [3.05, 3.63) is 29.3 Å². The zero-order valence-corrected chi connectivity index (χ0v) is 11.8. The Hall–Kier alpha value is -1.42. The summed E-state index contributed by atoms with van der Waals surface area (Å²) in [5, 5.41) is 0.997. The van der Waals surface area contributed by atoms with Crippen LogP contribution in [0.1, 0.15) is 20.8 Å². The molecule has 3 nitrogen and oxygen atoms in total. The zero-order chi connectivity index (χ0) is 13.3. The maximum Gasteiger partial charge on any atom is 0.160 e. The van der Waals surface area contributed by atoms with Gasteiger partial charge < -0.3 is 10.6 Å². The summed E-state index contributed by atoms with van der Waals surface area (Å²) >= 11 is 1.63. The first kappa shape index (κ1) is 13.0. The minimum absolute atomic E-state index is 0.0330. The van der Waals surface area contributed by atoms with Crippen LogP contribution in [0.25, 0.3) is 0 Å². The van der Waals surface area contributed by atoms with Crippen LogP contribution in [0.3, 0.4) is 0 Å². The minimum atomic E-state index is 0.0330. The van der Waals surface area contributed by atoms with Crippen molar-refractivity contribution in [3.8, 4) is 0 Å². The highest BCUT2D eigenvalue weighted by Gasteiger charge is 2.25. The number of nitrogen functional groups attached to an aromatic ring is 1. The molecule has 0 saturated heterocycles. The molecule has 2 rings (SSSR count). The number of fused-ring (bicyclic) bond motifs is 1. The van der Waals surface area contributed by atoms with Gasteiger partial charge in [0.25, 0.3) is 0 Å². The fourth-order valence-corrected chi connectivity index (χ4v) is 2.99. The number of nitrogens with zero attached hydrogens (tertiary/aromatic N) is 1. The second-order valence-corrected chi connectivity index (χ2v) is 5.68. The van der Waals surface area contributed by atoms with E-state index in [9.17, 15) is 4.79 Å². The van der Waals surface area contributed by atoms with Gasteiger partial charge in [-0.3, -0.25) is 4.79 Å². The summed E-state index contributed by atoms with van der Waals surface area (Å²) < 4.78 is 0. The Morgan fingerprint density at radius 1 is 1.50 bits per heavy atom. The standard InChI is InChI=1S/C14H18N2OS/c1-4-16-11-7-10(15)5-6-13(11)18-14(16)8-12(17)9(2)3/h5-9H,4,15H2,1-3H3. The number of nitrogens with two attached hydrogens (primary N) is 1. The number of benzene rings is 1. The quantitative estimate of drug-likeness (QED) is 0.671. The first-order valence-corrected chi connectivity index (χ1v) is 6.95. The molecule has 0 radical (unpaired) electrons. The average molecular weight is 262 g/mol. The molecule has 1 aromatic rings. The predicted octanol–water partition coefficient (Wildman–Crippen LogP) is 3.27. The Morgan fingerprint density at radius 3 is 2.83 bits per heavy atom. The largest absolute Gasteiger partial charge is 0.399 e. The summed E-state index contributed by atoms with van der Waals surface area (Å²) in [4.78, 5) is 15.1. The SMILES string of the molecule is CCN1C(=CC(=O)C(C)C)Sc2ccc(N)cc21. The summed E-state index contributed by atoms with van der Waals surface area (Å²) in [6.07, 6.45) is 1.75. The Balaban J connectivity index is 2.36. The summed E-state index contributed by atoms with van der Waals surface area (Å²) in [6.45, 7) is 6.74. The summed E-state index contributed by atoms with van der Waals surface area (Å²) in [7, 11) is 0. The molecule has 2 N–H and O–H groups in total. The van der Waals surface area contributed by atoms with Gasteiger partial charge in [-0.05, 0) is 25.1 Å². The molecular formula is C14H18N2OS. The van der Waals surface area contributed by atoms with Crippen LogP contribution in [0.15, 0.2) is 34.2 Å². The topological polar surface area (TPSA) is 46.3 Å². The third-order valence-electron chi connectivity index (χ3n) is 2.91. The van der Waals surface area contributed by atoms with Gasteiger partial charge in [-0.1, -0.05) is 25.6 Å². The monoisotopic (exact) mass is 262 g/mol. The van der Waals surface area contributed by atoms with E-state index in [0.717, 1.165) is 27.8 Å². The maximum absolute atomic E-state index is 11.8. The molecule has 18 heavy (non-hydrogen) atoms. The molecule has 1 aliphatic rings. The van der Waals surface area contributed by atoms with Gasteiger partial charge >= 0.3 is 0 Å². The minimum Gasteiger partial charge on any atom is -0.399 e. The number of ketones is 1. The summed E-state index contributed by atoms with van der Waals surface area (Å²) in [5.74, 6) is 0.197. The van der Waals surface area contributed by atoms with Gasteiger partial charge in [0.15, 0.2) is 5.78 Å². The molecule has 1 aliphatic heterocycles. The van der Waals surface area contributed by atoms with E-state index in [1.807, 2.05) is 32.0 Å². The molecule has 0 bridgehead atoms. The van der Waals surface area contributed by atoms with Crippen LogP contribution >= 0.6 is 11.8 Å². The van der Waals surface area contributed by atoms with Crippen LogP contribution in [-0.4, -0.2) is 12.3 Å². The van der Waals surface area contributed by atoms with E-state index in [-0.39, 0.29) is 11.7 Å². The predicted molar refractivity (Wildman–Crippen MR) is 77.7 cm³/mol. The van der Waals surface area contributed by atoms with Crippen molar-refractivity contribution in [2.75, 3.05) is 17.2 Å². The lowest BCUT2D eigenvalue weighted by Crippen LogP contribution is -2.18. The first-order chi connectivity index (χ1) is 8.52. The molecule has 0 amide bonds. The Kier molecular flexibility index (Phi) is 3.66. The van der Waals surface area contributed by atoms with Crippen LogP contribution in [0.2, 0.25) is 0 Å². The van der Waals surface area contributed by atoms with Crippen molar-refractivity contribution in [1.29, 1.82) is 0 Å². The van der Waals surface area contributed by atoms with Crippen molar-refractivity contribution in [3.63, 3.8) is 0 Å². The number of carbonyl (C=O) groups excluding carboxylic acids is 1. The van der Waals surface area contributed by atoms with E-state index in [0.29, 0.717) is 0 Å². The zero-order valence-electron chi connectivity index (χ0n) is 10.9. The van der Waals surface area contributed by atoms with E-state index in [2.05, 4.69) is 11.8 Å². The van der Waals surface area contributed by atoms with Crippen molar-refractivity contribution < 1.29 is 4.79 Å². The number of hydrogen-bond acceptors (Lipinski definition) is 4. The van der Waals surface area contributed by atoms with Crippen LogP contribution in [0.4, 0.5) is 11.4 Å². The lowest BCUT2D eigenvalue weighted by Gasteiger charge is -2.18. The lowest BCUT2D eigenvalue weighted by molar-refractivity contribution is -0.117. The van der Waals surface area contributed by atoms with Gasteiger partial charge in [-0.25, -0.2) is 0 Å². The number of hydrogen-bond donors (Lipinski definition) is 1. The molecule has 96 valence electrons. The fourth-order valence-electron chi connectivity index (χ4n) is 1.84. The van der Waals surface area contributed by atoms with Gasteiger partial charge in [0.1, 0.15) is 0 Å². The Morgan fingerprint density at radius 2 is 2.22 bits per heavy atom. The number of anilines is 2. The van der Waals surface area contributed by atoms with Gasteiger partial charge in [-0.15, -0.1) is 0 Å². The molecular weight excluding hydrogens is 244 g/mol. The highest BCUT2D eigenvalue weighted by Crippen LogP contribution is 2.46. The van der Waals surface area contributed by atoms with Crippen LogP contribution in [-0.2, 0) is 4.79 Å². The molecule has 0 aliphatic carbocycles. The van der Waals surface area contributed by atoms with Crippen LogP contribution in [0, 0.1) is 5.92 Å². The third kappa shape index (κ3) is 2.38. The number of rotatable bonds is 3. The Bertz CT molecular complexity index is 509. The van der Waals surface area contributed by atoms with Crippen LogP contribution < -0.4 is 10.6 Å². The maximum atomic E-state index is 11.8. The first-order valence-electron chi connectivity index (χ1n) is 6.13. The number of allylic oxidation sites excluding steroid dienone is 1. The third-order valence-corrected chi connectivity index (χ3v) is 4.02. The second-order valence-electron chi connectivity index (χ2n) is 4.61. The van der Waals surface area contributed by atoms with Gasteiger partial charge in [0, 0.05) is 29.1 Å². The second kappa shape index (κ2) is 5.06. The van der Waals surface area contributed by atoms with Gasteiger partial charge in [0.05, 0.1) is 10.7 Å². The molecule has 0 spiro atoms. The summed E-state index contributed by atoms with van der Waals surface area (Å²) in [6, 6.07) is 5.87. The molecule has 0 aromatic heterocycles. The van der Waals surface area contributed by atoms with Crippen molar-refractivity contribution in [2.45, 2.75) is 25.7 Å². The van der Waals surface area contributed by atoms with E-state index in [1.54, 1.807) is 17.8 Å². The van der Waals surface area contributed by atoms with Crippen LogP contribution in [0.5, 0.6) is 0 Å². The molecule has 4 heteroatoms. The summed E-state index contributed by atoms with van der Waals surface area (Å²) in [5.41, 5.74) is 7.68. The van der Waals surface area contributed by atoms with Crippen molar-refractivity contribution in [1.82, 2.24) is 0 Å². The van der Waals surface area contributed by atoms with Crippen molar-refractivity contribution >= 4 is 28.9 Å². The lowest BCUT2D eigenvalue weighted by atomic mass is 10.1. The average Bonchev–Trinajstić information content (AvgIpc) is 2.65. The Labute approximate surface area is 112 Å². The van der Waals surface area contributed by atoms with Crippen molar-refractivity contribution in [2.24, 2.45) is 5.92 Å². The molecule has 0 saturated carbocycles. The van der Waals surface area contributed by atoms with E-state index in [1.165, 1.54) is 0 Å². The van der Waals surface area contributed by atoms with Gasteiger partial charge in [-0.2, -0.15) is 0 Å². The molecule has 0 fully saturated rings. The fraction of sp³-hybridized carbons (Fsp3) is 0.357.